The van der Waals surface area contributed by atoms with Gasteiger partial charge in [0.05, 0.1) is 12.1 Å². The molecule has 7 heteroatoms. The number of carbonyl (C=O) groups is 2. The first kappa shape index (κ1) is 22.4. The molecule has 1 amide bonds. The molecule has 0 saturated carbocycles. The molecule has 1 aromatic heterocycles. The fourth-order valence-electron chi connectivity index (χ4n) is 4.20. The number of hydrogen-bond acceptors (Lipinski definition) is 5. The van der Waals surface area contributed by atoms with E-state index in [1.165, 1.54) is 6.07 Å². The van der Waals surface area contributed by atoms with Gasteiger partial charge in [-0.15, -0.1) is 0 Å². The molecule has 32 heavy (non-hydrogen) atoms. The normalized spacial score (nSPS) is 17.7. The van der Waals surface area contributed by atoms with Crippen LogP contribution in [0.2, 0.25) is 0 Å². The number of unbranched alkanes of at least 4 members (excludes halogenated alkanes) is 3. The molecule has 0 fully saturated rings. The van der Waals surface area contributed by atoms with Crippen LogP contribution < -0.4 is 10.5 Å². The van der Waals surface area contributed by atoms with E-state index in [2.05, 4.69) is 22.9 Å². The van der Waals surface area contributed by atoms with Crippen LogP contribution in [0.25, 0.3) is 11.0 Å². The molecule has 1 unspecified atom stereocenters. The van der Waals surface area contributed by atoms with Gasteiger partial charge < -0.3 is 14.4 Å². The number of para-hydroxylation sites is 1. The summed E-state index contributed by atoms with van der Waals surface area (Å²) in [5.41, 5.74) is -1.67. The Labute approximate surface area is 194 Å². The number of anilines is 1. The number of halogens is 1. The number of fused-ring (bicyclic) bond motifs is 2. The van der Waals surface area contributed by atoms with Crippen LogP contribution in [-0.4, -0.2) is 23.3 Å². The first-order chi connectivity index (χ1) is 15.3. The van der Waals surface area contributed by atoms with Gasteiger partial charge in [0.2, 0.25) is 0 Å². The summed E-state index contributed by atoms with van der Waals surface area (Å²) in [4.78, 5) is 40.4. The number of aliphatic hydroxyl groups is 1. The number of benzene rings is 2. The molecule has 2 heterocycles. The molecular formula is C25H24BrNO5. The van der Waals surface area contributed by atoms with Crippen molar-refractivity contribution in [2.45, 2.75) is 44.6 Å². The van der Waals surface area contributed by atoms with E-state index < -0.39 is 29.3 Å². The Kier molecular flexibility index (Phi) is 6.31. The lowest BCUT2D eigenvalue weighted by Crippen LogP contribution is -2.42. The lowest BCUT2D eigenvalue weighted by molar-refractivity contribution is -0.135. The molecule has 0 saturated heterocycles. The Balaban J connectivity index is 1.67. The lowest BCUT2D eigenvalue weighted by atomic mass is 9.88. The Morgan fingerprint density at radius 1 is 1.09 bits per heavy atom. The van der Waals surface area contributed by atoms with Crippen molar-refractivity contribution in [3.05, 3.63) is 74.6 Å². The van der Waals surface area contributed by atoms with Crippen LogP contribution in [0, 0.1) is 0 Å². The smallest absolute Gasteiger partial charge is 0.347 e. The van der Waals surface area contributed by atoms with Gasteiger partial charge in [-0.05, 0) is 36.8 Å². The van der Waals surface area contributed by atoms with Crippen LogP contribution in [-0.2, 0) is 10.4 Å². The number of Topliss-reactive ketones (excluding diaryl/α,β-unsaturated/α-hetero) is 1. The summed E-state index contributed by atoms with van der Waals surface area (Å²) >= 11 is 3.39. The van der Waals surface area contributed by atoms with Gasteiger partial charge in [0.25, 0.3) is 5.91 Å². The molecule has 2 aromatic carbocycles. The Morgan fingerprint density at radius 3 is 2.66 bits per heavy atom. The van der Waals surface area contributed by atoms with Gasteiger partial charge in [-0.2, -0.15) is 0 Å². The SMILES string of the molecule is CCCCCCN1C(=O)C(O)(CC(=O)c2cc3ccccc3oc2=O)c2cc(Br)ccc21. The number of ketones is 1. The van der Waals surface area contributed by atoms with E-state index in [1.807, 2.05) is 0 Å². The maximum atomic E-state index is 13.3. The lowest BCUT2D eigenvalue weighted by Gasteiger charge is -2.22. The fraction of sp³-hybridized carbons (Fsp3) is 0.320. The minimum atomic E-state index is -2.04. The third-order valence-electron chi connectivity index (χ3n) is 5.89. The van der Waals surface area contributed by atoms with E-state index in [-0.39, 0.29) is 5.56 Å². The second-order valence-corrected chi connectivity index (χ2v) is 9.04. The minimum absolute atomic E-state index is 0.178. The fourth-order valence-corrected chi connectivity index (χ4v) is 4.56. The molecule has 0 aliphatic carbocycles. The van der Waals surface area contributed by atoms with Gasteiger partial charge in [0.1, 0.15) is 11.1 Å². The van der Waals surface area contributed by atoms with Crippen molar-refractivity contribution in [1.29, 1.82) is 0 Å². The van der Waals surface area contributed by atoms with Crippen LogP contribution in [0.4, 0.5) is 5.69 Å². The molecule has 0 spiro atoms. The molecule has 3 aromatic rings. The van der Waals surface area contributed by atoms with Crippen LogP contribution in [0.5, 0.6) is 0 Å². The van der Waals surface area contributed by atoms with E-state index in [0.717, 1.165) is 25.7 Å². The number of amides is 1. The zero-order valence-corrected chi connectivity index (χ0v) is 19.4. The van der Waals surface area contributed by atoms with E-state index >= 15 is 0 Å². The van der Waals surface area contributed by atoms with Gasteiger partial charge >= 0.3 is 5.63 Å². The summed E-state index contributed by atoms with van der Waals surface area (Å²) in [6.07, 6.45) is 3.37. The van der Waals surface area contributed by atoms with Crippen LogP contribution in [0.3, 0.4) is 0 Å². The molecule has 0 radical (unpaired) electrons. The van der Waals surface area contributed by atoms with Gasteiger partial charge in [-0.3, -0.25) is 9.59 Å². The van der Waals surface area contributed by atoms with Crippen molar-refractivity contribution in [1.82, 2.24) is 0 Å². The van der Waals surface area contributed by atoms with Crippen LogP contribution in [0.15, 0.2) is 62.2 Å². The standard InChI is InChI=1S/C25H24BrNO5/c1-2-3-4-7-12-27-20-11-10-17(26)14-19(20)25(31,24(27)30)15-21(28)18-13-16-8-5-6-9-22(16)32-23(18)29/h5-6,8-11,13-14,31H,2-4,7,12,15H2,1H3. The average molecular weight is 498 g/mol. The first-order valence-corrected chi connectivity index (χ1v) is 11.5. The minimum Gasteiger partial charge on any atom is -0.422 e. The summed E-state index contributed by atoms with van der Waals surface area (Å²) in [7, 11) is 0. The maximum Gasteiger partial charge on any atom is 0.347 e. The zero-order valence-electron chi connectivity index (χ0n) is 17.8. The summed E-state index contributed by atoms with van der Waals surface area (Å²) in [6.45, 7) is 2.57. The Bertz CT molecular complexity index is 1250. The molecule has 4 rings (SSSR count). The quantitative estimate of drug-likeness (QED) is 0.270. The van der Waals surface area contributed by atoms with Crippen LogP contribution in [0.1, 0.15) is 54.9 Å². The van der Waals surface area contributed by atoms with Crippen molar-refractivity contribution in [2.24, 2.45) is 0 Å². The zero-order chi connectivity index (χ0) is 22.9. The van der Waals surface area contributed by atoms with E-state index in [9.17, 15) is 19.5 Å². The highest BCUT2D eigenvalue weighted by Crippen LogP contribution is 2.44. The number of hydrogen-bond donors (Lipinski definition) is 1. The van der Waals surface area contributed by atoms with Gasteiger partial charge in [0, 0.05) is 22.0 Å². The highest BCUT2D eigenvalue weighted by molar-refractivity contribution is 9.10. The molecule has 1 aliphatic heterocycles. The second-order valence-electron chi connectivity index (χ2n) is 8.12. The predicted octanol–water partition coefficient (Wildman–Crippen LogP) is 4.94. The van der Waals surface area contributed by atoms with E-state index in [0.29, 0.717) is 33.2 Å². The van der Waals surface area contributed by atoms with Crippen molar-refractivity contribution in [3.8, 4) is 0 Å². The molecule has 1 N–H and O–H groups in total. The molecular weight excluding hydrogens is 474 g/mol. The Hall–Kier alpha value is -2.77. The highest BCUT2D eigenvalue weighted by atomic mass is 79.9. The average Bonchev–Trinajstić information content (AvgIpc) is 2.97. The van der Waals surface area contributed by atoms with E-state index in [1.54, 1.807) is 47.4 Å². The first-order valence-electron chi connectivity index (χ1n) is 10.8. The third-order valence-corrected chi connectivity index (χ3v) is 6.38. The molecule has 0 bridgehead atoms. The Morgan fingerprint density at radius 2 is 1.88 bits per heavy atom. The predicted molar refractivity (Wildman–Crippen MR) is 126 cm³/mol. The largest absolute Gasteiger partial charge is 0.422 e. The maximum absolute atomic E-state index is 13.3. The van der Waals surface area contributed by atoms with Gasteiger partial charge in [-0.1, -0.05) is 60.3 Å². The number of carbonyl (C=O) groups excluding carboxylic acids is 2. The van der Waals surface area contributed by atoms with Crippen molar-refractivity contribution >= 4 is 44.3 Å². The van der Waals surface area contributed by atoms with Crippen molar-refractivity contribution in [3.63, 3.8) is 0 Å². The molecule has 1 aliphatic rings. The second kappa shape index (κ2) is 9.00. The van der Waals surface area contributed by atoms with Gasteiger partial charge in [0.15, 0.2) is 11.4 Å². The highest BCUT2D eigenvalue weighted by Gasteiger charge is 2.51. The van der Waals surface area contributed by atoms with Crippen molar-refractivity contribution < 1.29 is 19.1 Å². The summed E-state index contributed by atoms with van der Waals surface area (Å²) in [5, 5.41) is 12.1. The monoisotopic (exact) mass is 497 g/mol. The summed E-state index contributed by atoms with van der Waals surface area (Å²) < 4.78 is 5.95. The third kappa shape index (κ3) is 4.02. The number of rotatable bonds is 8. The van der Waals surface area contributed by atoms with Crippen molar-refractivity contribution in [2.75, 3.05) is 11.4 Å². The molecule has 1 atom stereocenters. The number of nitrogens with zero attached hydrogens (tertiary/aromatic N) is 1. The molecule has 6 nitrogen and oxygen atoms in total. The summed E-state index contributed by atoms with van der Waals surface area (Å²) in [5.74, 6) is -1.18. The topological polar surface area (TPSA) is 87.8 Å². The van der Waals surface area contributed by atoms with E-state index in [4.69, 9.17) is 4.42 Å². The van der Waals surface area contributed by atoms with Gasteiger partial charge in [-0.25, -0.2) is 4.79 Å². The van der Waals surface area contributed by atoms with Crippen LogP contribution >= 0.6 is 15.9 Å². The molecule has 166 valence electrons. The summed E-state index contributed by atoms with van der Waals surface area (Å²) in [6, 6.07) is 13.6.